The predicted molar refractivity (Wildman–Crippen MR) is 113 cm³/mol. The molecule has 1 aliphatic heterocycles. The lowest BCUT2D eigenvalue weighted by atomic mass is 9.89. The molecule has 4 nitrogen and oxygen atoms in total. The highest BCUT2D eigenvalue weighted by atomic mass is 35.5. The molecule has 2 N–H and O–H groups in total. The Morgan fingerprint density at radius 3 is 2.50 bits per heavy atom. The Balaban J connectivity index is 0.00000169. The van der Waals surface area contributed by atoms with Crippen molar-refractivity contribution in [1.82, 2.24) is 9.88 Å². The van der Waals surface area contributed by atoms with E-state index in [1.54, 1.807) is 18.0 Å². The third-order valence-corrected chi connectivity index (χ3v) is 5.48. The van der Waals surface area contributed by atoms with Gasteiger partial charge in [0.25, 0.3) is 0 Å². The highest BCUT2D eigenvalue weighted by molar-refractivity contribution is 7.99. The van der Waals surface area contributed by atoms with E-state index in [4.69, 9.17) is 5.73 Å². The number of hydrogen-bond donors (Lipinski definition) is 1. The van der Waals surface area contributed by atoms with Crippen LogP contribution in [0.2, 0.25) is 0 Å². The summed E-state index contributed by atoms with van der Waals surface area (Å²) in [6.07, 6.45) is 1.79. The van der Waals surface area contributed by atoms with Crippen molar-refractivity contribution < 1.29 is 4.79 Å². The average Bonchev–Trinajstić information content (AvgIpc) is 3.08. The fraction of sp³-hybridized carbons (Fsp3) is 0.368. The molecule has 0 radical (unpaired) electrons. The molecule has 26 heavy (non-hydrogen) atoms. The van der Waals surface area contributed by atoms with E-state index in [2.05, 4.69) is 29.2 Å². The lowest BCUT2D eigenvalue weighted by Crippen LogP contribution is -2.31. The largest absolute Gasteiger partial charge is 0.341 e. The minimum Gasteiger partial charge on any atom is -0.341 e. The minimum atomic E-state index is 0. The Bertz CT molecular complexity index is 660. The molecule has 2 atom stereocenters. The second-order valence-electron chi connectivity index (χ2n) is 6.13. The first kappa shape index (κ1) is 22.8. The number of carbonyl (C=O) groups excluding carboxylic acids is 1. The highest BCUT2D eigenvalue weighted by Crippen LogP contribution is 2.32. The molecule has 1 fully saturated rings. The van der Waals surface area contributed by atoms with Crippen molar-refractivity contribution in [2.24, 2.45) is 11.7 Å². The van der Waals surface area contributed by atoms with Gasteiger partial charge in [-0.05, 0) is 30.2 Å². The second kappa shape index (κ2) is 11.4. The van der Waals surface area contributed by atoms with Crippen molar-refractivity contribution in [2.75, 3.05) is 25.4 Å². The Hall–Kier alpha value is -1.27. The zero-order chi connectivity index (χ0) is 16.8. The van der Waals surface area contributed by atoms with Crippen molar-refractivity contribution in [3.63, 3.8) is 0 Å². The van der Waals surface area contributed by atoms with Gasteiger partial charge in [0, 0.05) is 31.0 Å². The first-order valence-electron chi connectivity index (χ1n) is 8.28. The van der Waals surface area contributed by atoms with Gasteiger partial charge in [-0.2, -0.15) is 0 Å². The molecule has 2 aromatic rings. The van der Waals surface area contributed by atoms with Crippen molar-refractivity contribution in [1.29, 1.82) is 0 Å². The summed E-state index contributed by atoms with van der Waals surface area (Å²) in [4.78, 5) is 18.8. The van der Waals surface area contributed by atoms with E-state index in [1.807, 2.05) is 29.2 Å². The molecule has 0 saturated carbocycles. The van der Waals surface area contributed by atoms with E-state index in [1.165, 1.54) is 5.56 Å². The molecule has 0 unspecified atom stereocenters. The molecule has 7 heteroatoms. The van der Waals surface area contributed by atoms with Crippen LogP contribution in [0.15, 0.2) is 54.7 Å². The molecular weight excluding hydrogens is 389 g/mol. The van der Waals surface area contributed by atoms with Crippen LogP contribution >= 0.6 is 36.6 Å². The normalized spacial score (nSPS) is 18.7. The van der Waals surface area contributed by atoms with Crippen molar-refractivity contribution in [3.8, 4) is 0 Å². The summed E-state index contributed by atoms with van der Waals surface area (Å²) in [7, 11) is 0. The summed E-state index contributed by atoms with van der Waals surface area (Å²) in [5.74, 6) is 2.16. The van der Waals surface area contributed by atoms with Gasteiger partial charge >= 0.3 is 0 Å². The van der Waals surface area contributed by atoms with Gasteiger partial charge < -0.3 is 10.6 Å². The molecule has 0 spiro atoms. The number of nitrogens with zero attached hydrogens (tertiary/aromatic N) is 2. The first-order chi connectivity index (χ1) is 11.8. The molecular formula is C19H25Cl2N3OS. The van der Waals surface area contributed by atoms with Crippen LogP contribution in [0, 0.1) is 5.92 Å². The number of aromatic nitrogens is 1. The van der Waals surface area contributed by atoms with Crippen molar-refractivity contribution in [2.45, 2.75) is 11.7 Å². The van der Waals surface area contributed by atoms with Gasteiger partial charge in [-0.25, -0.2) is 0 Å². The third-order valence-electron chi connectivity index (χ3n) is 4.53. The van der Waals surface area contributed by atoms with Crippen molar-refractivity contribution >= 4 is 42.5 Å². The van der Waals surface area contributed by atoms with E-state index in [9.17, 15) is 4.79 Å². The van der Waals surface area contributed by atoms with Gasteiger partial charge in [0.2, 0.25) is 5.91 Å². The molecule has 3 rings (SSSR count). The molecule has 0 aliphatic carbocycles. The maximum Gasteiger partial charge on any atom is 0.232 e. The van der Waals surface area contributed by atoms with E-state index < -0.39 is 0 Å². The number of nitrogens with two attached hydrogens (primary N) is 1. The first-order valence-corrected chi connectivity index (χ1v) is 9.44. The van der Waals surface area contributed by atoms with Gasteiger partial charge in [0.1, 0.15) is 0 Å². The molecule has 0 bridgehead atoms. The zero-order valence-corrected chi connectivity index (χ0v) is 16.9. The lowest BCUT2D eigenvalue weighted by Gasteiger charge is -2.16. The van der Waals surface area contributed by atoms with Crippen LogP contribution in [0.5, 0.6) is 0 Å². The molecule has 1 aromatic heterocycles. The number of thioether (sulfide) groups is 1. The summed E-state index contributed by atoms with van der Waals surface area (Å²) in [6, 6.07) is 16.3. The number of benzene rings is 1. The lowest BCUT2D eigenvalue weighted by molar-refractivity contribution is -0.127. The summed E-state index contributed by atoms with van der Waals surface area (Å²) in [5.41, 5.74) is 8.24. The number of likely N-dealkylation sites (tertiary alicyclic amines) is 1. The number of pyridine rings is 1. The summed E-state index contributed by atoms with van der Waals surface area (Å²) in [5, 5.41) is 0. The predicted octanol–water partition coefficient (Wildman–Crippen LogP) is 3.36. The molecule has 1 saturated heterocycles. The molecule has 142 valence electrons. The Morgan fingerprint density at radius 2 is 1.85 bits per heavy atom. The van der Waals surface area contributed by atoms with E-state index in [0.717, 1.165) is 24.5 Å². The van der Waals surface area contributed by atoms with Crippen LogP contribution in [0.4, 0.5) is 0 Å². The van der Waals surface area contributed by atoms with Crippen LogP contribution < -0.4 is 5.73 Å². The zero-order valence-electron chi connectivity index (χ0n) is 14.5. The molecule has 1 amide bonds. The number of amides is 1. The van der Waals surface area contributed by atoms with E-state index in [0.29, 0.717) is 24.1 Å². The maximum absolute atomic E-state index is 12.5. The van der Waals surface area contributed by atoms with Crippen LogP contribution in [-0.2, 0) is 10.5 Å². The summed E-state index contributed by atoms with van der Waals surface area (Å²) in [6.45, 7) is 2.15. The average molecular weight is 414 g/mol. The standard InChI is InChI=1S/C19H23N3OS.2ClH/c20-10-16-11-22(12-18(16)15-6-2-1-3-7-15)19(23)14-24-13-17-8-4-5-9-21-17;;/h1-9,16,18H,10-14,20H2;2*1H/t16-,18+;;/m1../s1. The number of rotatable bonds is 6. The van der Waals surface area contributed by atoms with Gasteiger partial charge in [-0.15, -0.1) is 36.6 Å². The summed E-state index contributed by atoms with van der Waals surface area (Å²) >= 11 is 1.62. The van der Waals surface area contributed by atoms with Gasteiger partial charge in [0.15, 0.2) is 0 Å². The maximum atomic E-state index is 12.5. The highest BCUT2D eigenvalue weighted by Gasteiger charge is 2.34. The fourth-order valence-electron chi connectivity index (χ4n) is 3.21. The van der Waals surface area contributed by atoms with Crippen LogP contribution in [-0.4, -0.2) is 41.2 Å². The van der Waals surface area contributed by atoms with Crippen molar-refractivity contribution in [3.05, 3.63) is 66.0 Å². The quantitative estimate of drug-likeness (QED) is 0.788. The smallest absolute Gasteiger partial charge is 0.232 e. The number of halogens is 2. The summed E-state index contributed by atoms with van der Waals surface area (Å²) < 4.78 is 0. The monoisotopic (exact) mass is 413 g/mol. The van der Waals surface area contributed by atoms with Gasteiger partial charge in [-0.3, -0.25) is 9.78 Å². The van der Waals surface area contributed by atoms with Gasteiger partial charge in [0.05, 0.1) is 11.4 Å². The SMILES string of the molecule is Cl.Cl.NC[C@@H]1CN(C(=O)CSCc2ccccn2)C[C@H]1c1ccccc1. The Kier molecular flexibility index (Phi) is 10.0. The van der Waals surface area contributed by atoms with Gasteiger partial charge in [-0.1, -0.05) is 36.4 Å². The van der Waals surface area contributed by atoms with Crippen LogP contribution in [0.25, 0.3) is 0 Å². The number of hydrogen-bond acceptors (Lipinski definition) is 4. The topological polar surface area (TPSA) is 59.2 Å². The van der Waals surface area contributed by atoms with Crippen LogP contribution in [0.1, 0.15) is 17.2 Å². The molecule has 1 aliphatic rings. The fourth-order valence-corrected chi connectivity index (χ4v) is 4.05. The third kappa shape index (κ3) is 5.88. The Morgan fingerprint density at radius 1 is 1.12 bits per heavy atom. The Labute approximate surface area is 171 Å². The van der Waals surface area contributed by atoms with E-state index >= 15 is 0 Å². The molecule has 2 heterocycles. The minimum absolute atomic E-state index is 0. The number of carbonyl (C=O) groups is 1. The van der Waals surface area contributed by atoms with E-state index in [-0.39, 0.29) is 30.7 Å². The van der Waals surface area contributed by atoms with Crippen LogP contribution in [0.3, 0.4) is 0 Å². The molecule has 1 aromatic carbocycles. The second-order valence-corrected chi connectivity index (χ2v) is 7.11.